The average molecular weight is 452 g/mol. The van der Waals surface area contributed by atoms with Crippen LogP contribution < -0.4 is 4.74 Å². The van der Waals surface area contributed by atoms with Crippen molar-refractivity contribution in [2.75, 3.05) is 20.7 Å². The summed E-state index contributed by atoms with van der Waals surface area (Å²) in [7, 11) is 3.18. The van der Waals surface area contributed by atoms with E-state index in [4.69, 9.17) is 4.74 Å². The molecule has 0 bridgehead atoms. The summed E-state index contributed by atoms with van der Waals surface area (Å²) in [5.41, 5.74) is 2.34. The van der Waals surface area contributed by atoms with Crippen molar-refractivity contribution in [1.29, 1.82) is 0 Å². The van der Waals surface area contributed by atoms with Crippen LogP contribution in [0.5, 0.6) is 5.75 Å². The van der Waals surface area contributed by atoms with Crippen LogP contribution in [0.4, 0.5) is 4.39 Å². The summed E-state index contributed by atoms with van der Waals surface area (Å²) >= 11 is 1.33. The standard InChI is InChI=1S/C24H22FN3O3S/c1-27(24(30)22-7-4-12-32-22)15-23(29)28-21(16-8-10-18(25)11-9-16)14-20(26-28)17-5-3-6-19(13-17)31-2/h3-13,21H,14-15H2,1-2H3. The molecular formula is C24H22FN3O3S. The summed E-state index contributed by atoms with van der Waals surface area (Å²) in [6.45, 7) is -0.122. The molecule has 1 aliphatic heterocycles. The van der Waals surface area contributed by atoms with Gasteiger partial charge in [0.2, 0.25) is 0 Å². The Hall–Kier alpha value is -3.52. The van der Waals surface area contributed by atoms with Crippen molar-refractivity contribution in [2.24, 2.45) is 5.10 Å². The topological polar surface area (TPSA) is 62.2 Å². The minimum Gasteiger partial charge on any atom is -0.497 e. The maximum absolute atomic E-state index is 13.5. The van der Waals surface area contributed by atoms with Crippen molar-refractivity contribution >= 4 is 28.9 Å². The lowest BCUT2D eigenvalue weighted by Gasteiger charge is -2.24. The van der Waals surface area contributed by atoms with Gasteiger partial charge < -0.3 is 9.64 Å². The number of ether oxygens (including phenoxy) is 1. The first-order valence-corrected chi connectivity index (χ1v) is 10.9. The number of rotatable bonds is 6. The van der Waals surface area contributed by atoms with Crippen molar-refractivity contribution in [3.63, 3.8) is 0 Å². The first-order valence-electron chi connectivity index (χ1n) is 10.0. The zero-order chi connectivity index (χ0) is 22.7. The Morgan fingerprint density at radius 2 is 1.97 bits per heavy atom. The van der Waals surface area contributed by atoms with Crippen LogP contribution >= 0.6 is 11.3 Å². The van der Waals surface area contributed by atoms with Gasteiger partial charge in [-0.15, -0.1) is 11.3 Å². The smallest absolute Gasteiger partial charge is 0.264 e. The van der Waals surface area contributed by atoms with Crippen LogP contribution in [0.1, 0.15) is 33.3 Å². The van der Waals surface area contributed by atoms with Gasteiger partial charge in [0, 0.05) is 19.0 Å². The van der Waals surface area contributed by atoms with Gasteiger partial charge in [-0.25, -0.2) is 9.40 Å². The lowest BCUT2D eigenvalue weighted by atomic mass is 9.98. The number of amides is 2. The number of carbonyl (C=O) groups excluding carboxylic acids is 2. The molecule has 2 amide bonds. The van der Waals surface area contributed by atoms with Gasteiger partial charge in [-0.3, -0.25) is 9.59 Å². The molecule has 8 heteroatoms. The van der Waals surface area contributed by atoms with Gasteiger partial charge in [0.1, 0.15) is 18.1 Å². The molecule has 4 rings (SSSR count). The summed E-state index contributed by atoms with van der Waals surface area (Å²) in [4.78, 5) is 27.7. The molecule has 0 saturated heterocycles. The van der Waals surface area contributed by atoms with Crippen molar-refractivity contribution in [3.8, 4) is 5.75 Å². The van der Waals surface area contributed by atoms with E-state index in [2.05, 4.69) is 5.10 Å². The molecule has 1 atom stereocenters. The number of hydrazone groups is 1. The zero-order valence-electron chi connectivity index (χ0n) is 17.7. The molecule has 3 aromatic rings. The number of carbonyl (C=O) groups is 2. The maximum atomic E-state index is 13.5. The minimum atomic E-state index is -0.394. The van der Waals surface area contributed by atoms with E-state index in [-0.39, 0.29) is 24.2 Å². The van der Waals surface area contributed by atoms with Crippen LogP contribution in [-0.4, -0.2) is 48.1 Å². The fraction of sp³-hybridized carbons (Fsp3) is 0.208. The fourth-order valence-corrected chi connectivity index (χ4v) is 4.31. The summed E-state index contributed by atoms with van der Waals surface area (Å²) in [6, 6.07) is 16.6. The fourth-order valence-electron chi connectivity index (χ4n) is 3.60. The van der Waals surface area contributed by atoms with E-state index >= 15 is 0 Å². The van der Waals surface area contributed by atoms with Crippen molar-refractivity contribution in [3.05, 3.63) is 87.9 Å². The molecule has 0 saturated carbocycles. The Balaban J connectivity index is 1.61. The van der Waals surface area contributed by atoms with Gasteiger partial charge in [-0.05, 0) is 41.3 Å². The molecule has 0 fully saturated rings. The molecular weight excluding hydrogens is 429 g/mol. The molecule has 32 heavy (non-hydrogen) atoms. The number of hydrogen-bond acceptors (Lipinski definition) is 5. The van der Waals surface area contributed by atoms with Gasteiger partial charge in [0.15, 0.2) is 0 Å². The van der Waals surface area contributed by atoms with E-state index in [9.17, 15) is 14.0 Å². The average Bonchev–Trinajstić information content (AvgIpc) is 3.50. The van der Waals surface area contributed by atoms with E-state index in [0.29, 0.717) is 17.0 Å². The highest BCUT2D eigenvalue weighted by Gasteiger charge is 2.34. The predicted molar refractivity (Wildman–Crippen MR) is 121 cm³/mol. The minimum absolute atomic E-state index is 0.122. The second-order valence-electron chi connectivity index (χ2n) is 7.43. The summed E-state index contributed by atoms with van der Waals surface area (Å²) in [6.07, 6.45) is 0.465. The normalized spacial score (nSPS) is 15.4. The number of likely N-dealkylation sites (N-methyl/N-ethyl adjacent to an activating group) is 1. The number of hydrogen-bond donors (Lipinski definition) is 0. The molecule has 1 aliphatic rings. The summed E-state index contributed by atoms with van der Waals surface area (Å²) in [5, 5.41) is 7.83. The lowest BCUT2D eigenvalue weighted by molar-refractivity contribution is -0.133. The molecule has 1 unspecified atom stereocenters. The molecule has 0 radical (unpaired) electrons. The molecule has 6 nitrogen and oxygen atoms in total. The largest absolute Gasteiger partial charge is 0.497 e. The molecule has 0 aliphatic carbocycles. The van der Waals surface area contributed by atoms with Gasteiger partial charge in [-0.2, -0.15) is 5.10 Å². The number of nitrogens with zero attached hydrogens (tertiary/aromatic N) is 3. The molecule has 0 N–H and O–H groups in total. The number of benzene rings is 2. The van der Waals surface area contributed by atoms with E-state index in [1.165, 1.54) is 33.4 Å². The Kier molecular flexibility index (Phi) is 6.32. The summed E-state index contributed by atoms with van der Waals surface area (Å²) in [5.74, 6) is -0.193. The van der Waals surface area contributed by atoms with E-state index in [1.54, 1.807) is 38.4 Å². The van der Waals surface area contributed by atoms with Gasteiger partial charge >= 0.3 is 0 Å². The van der Waals surface area contributed by atoms with E-state index < -0.39 is 6.04 Å². The van der Waals surface area contributed by atoms with Crippen LogP contribution in [0.3, 0.4) is 0 Å². The molecule has 1 aromatic heterocycles. The van der Waals surface area contributed by atoms with Gasteiger partial charge in [0.05, 0.1) is 23.7 Å². The third-order valence-electron chi connectivity index (χ3n) is 5.27. The lowest BCUT2D eigenvalue weighted by Crippen LogP contribution is -2.39. The van der Waals surface area contributed by atoms with E-state index in [0.717, 1.165) is 16.8 Å². The second-order valence-corrected chi connectivity index (χ2v) is 8.37. The van der Waals surface area contributed by atoms with E-state index in [1.807, 2.05) is 29.6 Å². The SMILES string of the molecule is COc1cccc(C2=NN(C(=O)CN(C)C(=O)c3cccs3)C(c3ccc(F)cc3)C2)c1. The van der Waals surface area contributed by atoms with Crippen LogP contribution in [0, 0.1) is 5.82 Å². The first kappa shape index (κ1) is 21.7. The third-order valence-corrected chi connectivity index (χ3v) is 6.13. The van der Waals surface area contributed by atoms with Gasteiger partial charge in [-0.1, -0.05) is 30.3 Å². The van der Waals surface area contributed by atoms with Crippen LogP contribution in [0.2, 0.25) is 0 Å². The predicted octanol–water partition coefficient (Wildman–Crippen LogP) is 4.35. The Labute approximate surface area is 189 Å². The number of halogens is 1. The Morgan fingerprint density at radius 1 is 1.19 bits per heavy atom. The van der Waals surface area contributed by atoms with Crippen LogP contribution in [-0.2, 0) is 4.79 Å². The Bertz CT molecular complexity index is 1150. The van der Waals surface area contributed by atoms with Crippen molar-refractivity contribution in [2.45, 2.75) is 12.5 Å². The summed E-state index contributed by atoms with van der Waals surface area (Å²) < 4.78 is 18.8. The maximum Gasteiger partial charge on any atom is 0.264 e. The highest BCUT2D eigenvalue weighted by atomic mass is 32.1. The molecule has 0 spiro atoms. The quantitative estimate of drug-likeness (QED) is 0.560. The monoisotopic (exact) mass is 451 g/mol. The second kappa shape index (κ2) is 9.32. The number of thiophene rings is 1. The zero-order valence-corrected chi connectivity index (χ0v) is 18.5. The van der Waals surface area contributed by atoms with Gasteiger partial charge in [0.25, 0.3) is 11.8 Å². The number of methoxy groups -OCH3 is 1. The molecule has 2 heterocycles. The van der Waals surface area contributed by atoms with Crippen LogP contribution in [0.15, 0.2) is 71.1 Å². The molecule has 2 aromatic carbocycles. The first-order chi connectivity index (χ1) is 15.5. The highest BCUT2D eigenvalue weighted by molar-refractivity contribution is 7.12. The third kappa shape index (κ3) is 4.55. The molecule has 164 valence electrons. The Morgan fingerprint density at radius 3 is 2.66 bits per heavy atom. The van der Waals surface area contributed by atoms with Crippen LogP contribution in [0.25, 0.3) is 0 Å². The van der Waals surface area contributed by atoms with Crippen molar-refractivity contribution < 1.29 is 18.7 Å². The highest BCUT2D eigenvalue weighted by Crippen LogP contribution is 2.33. The van der Waals surface area contributed by atoms with Crippen molar-refractivity contribution in [1.82, 2.24) is 9.91 Å².